The minimum atomic E-state index is -2.48. The van der Waals surface area contributed by atoms with E-state index < -0.39 is 114 Å². The molecule has 0 aromatic rings. The van der Waals surface area contributed by atoms with Crippen LogP contribution in [0, 0.1) is 29.6 Å². The topological polar surface area (TPSA) is 276 Å². The van der Waals surface area contributed by atoms with E-state index in [1.165, 1.54) is 0 Å². The second kappa shape index (κ2) is 35.0. The van der Waals surface area contributed by atoms with Crippen molar-refractivity contribution in [3.8, 4) is 0 Å². The Morgan fingerprint density at radius 2 is 1.47 bits per heavy atom. The Morgan fingerprint density at radius 3 is 2.16 bits per heavy atom. The Kier molecular flexibility index (Phi) is 29.4. The zero-order valence-electron chi connectivity index (χ0n) is 51.1. The highest BCUT2D eigenvalue weighted by molar-refractivity contribution is 6.39. The number of aliphatic hydroxyl groups excluding tert-OH is 3. The molecule has 21 heteroatoms. The average Bonchev–Trinajstić information content (AvgIpc) is 3.68. The summed E-state index contributed by atoms with van der Waals surface area (Å²) in [6.45, 7) is 18.9. The van der Waals surface area contributed by atoms with Crippen LogP contribution in [0.4, 0.5) is 4.79 Å². The Balaban J connectivity index is 1.31. The van der Waals surface area contributed by atoms with Gasteiger partial charge >= 0.3 is 12.1 Å². The van der Waals surface area contributed by atoms with Gasteiger partial charge in [0.15, 0.2) is 5.78 Å². The number of esters is 1. The van der Waals surface area contributed by atoms with Gasteiger partial charge in [-0.05, 0) is 108 Å². The summed E-state index contributed by atoms with van der Waals surface area (Å²) in [5.41, 5.74) is 8.16. The summed E-state index contributed by atoms with van der Waals surface area (Å²) in [5, 5.41) is 46.4. The van der Waals surface area contributed by atoms with E-state index in [9.17, 15) is 44.4 Å². The Labute approximate surface area is 493 Å². The summed E-state index contributed by atoms with van der Waals surface area (Å²) >= 11 is 0. The molecule has 4 heterocycles. The van der Waals surface area contributed by atoms with E-state index in [2.05, 4.69) is 4.90 Å². The number of hydrogen-bond acceptors (Lipinski definition) is 19. The lowest BCUT2D eigenvalue weighted by molar-refractivity contribution is -0.265. The molecule has 5 rings (SSSR count). The molecule has 0 spiro atoms. The largest absolute Gasteiger partial charge is 0.459 e. The fourth-order valence-corrected chi connectivity index (χ4v) is 12.1. The van der Waals surface area contributed by atoms with Gasteiger partial charge in [-0.3, -0.25) is 19.3 Å². The zero-order valence-corrected chi connectivity index (χ0v) is 51.1. The van der Waals surface area contributed by atoms with Crippen LogP contribution in [0.2, 0.25) is 0 Å². The van der Waals surface area contributed by atoms with Crippen molar-refractivity contribution in [3.05, 3.63) is 47.6 Å². The second-order valence-corrected chi connectivity index (χ2v) is 23.9. The van der Waals surface area contributed by atoms with E-state index in [4.69, 9.17) is 43.6 Å². The first-order valence-corrected chi connectivity index (χ1v) is 30.6. The first-order chi connectivity index (χ1) is 39.6. The van der Waals surface area contributed by atoms with E-state index in [-0.39, 0.29) is 43.2 Å². The van der Waals surface area contributed by atoms with E-state index >= 15 is 0 Å². The molecule has 2 amide bonds. The SMILES string of the molecule is CCOCCOCCOCCN1CCN(C(=O)O[C@@H]2CC[C@@H](C[C@@H](N)[C@@H]3C[C@@H](O)[C@H](C)/C=C(\C)[C@@H](O)[C@@H](O)C(=O)[C@H](C)C[C@H](C)/C=C/C=C/C=C(\C)[C@@H](OC)C[C@@H]4CC[C@@H](C)[C@@](O)(O4)C(=O)C(=O)N4CCCC[C@H]4C(=O)O3)C[C@H]2OC)CC1. The number of piperazine rings is 1. The molecule has 2 bridgehead atoms. The molecule has 3 saturated heterocycles. The van der Waals surface area contributed by atoms with Gasteiger partial charge in [-0.15, -0.1) is 0 Å². The van der Waals surface area contributed by atoms with Crippen LogP contribution in [-0.2, 0) is 57.1 Å². The number of nitrogens with two attached hydrogens (primary N) is 1. The molecule has 4 fully saturated rings. The molecule has 0 unspecified atom stereocenters. The quantitative estimate of drug-likeness (QED) is 0.0598. The van der Waals surface area contributed by atoms with Gasteiger partial charge in [-0.1, -0.05) is 64.2 Å². The standard InChI is InChI=1S/C62H102N4O17/c1-10-78-30-31-80-33-32-79-29-28-64-24-26-65(27-25-64)61(74)82-51-22-20-46(37-54(51)77-9)36-48(63)53-39-50(67)42(4)35-44(6)56(69)57(70)55(68)43(5)34-40(2)16-12-11-13-17-41(3)52(76-8)38-47-21-19-45(7)62(75,83-47)58(71)59(72)66-23-15-14-18-49(66)60(73)81-53/h11-13,16-17,35,40,42-43,45-54,56-57,67,69-70,75H,10,14-15,18-34,36-39,63H2,1-9H3/b13-11+,16-12+,41-17+,44-35+/t40-,42-,43-,45-,46+,47+,48-,49+,50-,51-,52+,53+,54-,56-,57+,62-/m1/s1. The third kappa shape index (κ3) is 20.9. The van der Waals surface area contributed by atoms with Crippen molar-refractivity contribution in [3.63, 3.8) is 0 Å². The number of allylic oxidation sites excluding steroid dienone is 5. The highest BCUT2D eigenvalue weighted by Crippen LogP contribution is 2.38. The molecular formula is C62H102N4O17. The van der Waals surface area contributed by atoms with Crippen LogP contribution in [0.25, 0.3) is 0 Å². The van der Waals surface area contributed by atoms with Gasteiger partial charge in [-0.25, -0.2) is 9.59 Å². The maximum atomic E-state index is 14.6. The third-order valence-electron chi connectivity index (χ3n) is 17.5. The summed E-state index contributed by atoms with van der Waals surface area (Å²) in [6.07, 6.45) is 7.28. The number of cyclic esters (lactones) is 1. The predicted molar refractivity (Wildman–Crippen MR) is 311 cm³/mol. The third-order valence-corrected chi connectivity index (χ3v) is 17.5. The predicted octanol–water partition coefficient (Wildman–Crippen LogP) is 4.84. The van der Waals surface area contributed by atoms with Gasteiger partial charge in [0, 0.05) is 96.7 Å². The maximum Gasteiger partial charge on any atom is 0.410 e. The number of fused-ring (bicyclic) bond motifs is 3. The molecule has 5 aliphatic rings. The number of Topliss-reactive ketones (excluding diaryl/α,β-unsaturated/α-hetero) is 2. The van der Waals surface area contributed by atoms with Gasteiger partial charge < -0.3 is 73.9 Å². The van der Waals surface area contributed by atoms with Gasteiger partial charge in [0.25, 0.3) is 11.7 Å². The van der Waals surface area contributed by atoms with Crippen LogP contribution in [-0.4, -0.2) is 224 Å². The molecule has 0 aromatic heterocycles. The number of ether oxygens (including phenoxy) is 8. The van der Waals surface area contributed by atoms with Gasteiger partial charge in [-0.2, -0.15) is 0 Å². The summed E-state index contributed by atoms with van der Waals surface area (Å²) < 4.78 is 46.9. The molecule has 4 aliphatic heterocycles. The lowest BCUT2D eigenvalue weighted by Crippen LogP contribution is -2.61. The van der Waals surface area contributed by atoms with Crippen molar-refractivity contribution < 1.29 is 82.3 Å². The molecule has 472 valence electrons. The first kappa shape index (κ1) is 69.8. The first-order valence-electron chi connectivity index (χ1n) is 30.6. The number of aliphatic hydroxyl groups is 4. The molecule has 0 radical (unpaired) electrons. The number of rotatable bonds is 16. The van der Waals surface area contributed by atoms with Crippen molar-refractivity contribution in [1.29, 1.82) is 0 Å². The fourth-order valence-electron chi connectivity index (χ4n) is 12.1. The van der Waals surface area contributed by atoms with E-state index in [1.807, 2.05) is 51.2 Å². The maximum absolute atomic E-state index is 14.6. The molecule has 1 saturated carbocycles. The number of carbonyl (C=O) groups excluding carboxylic acids is 5. The number of carbonyl (C=O) groups is 5. The van der Waals surface area contributed by atoms with Crippen molar-refractivity contribution in [2.75, 3.05) is 93.1 Å². The number of hydrogen-bond donors (Lipinski definition) is 5. The molecule has 0 aromatic carbocycles. The monoisotopic (exact) mass is 1170 g/mol. The summed E-state index contributed by atoms with van der Waals surface area (Å²) in [5.74, 6) is -8.24. The summed E-state index contributed by atoms with van der Waals surface area (Å²) in [6, 6.07) is -2.09. The zero-order chi connectivity index (χ0) is 60.8. The van der Waals surface area contributed by atoms with Crippen LogP contribution in [0.3, 0.4) is 0 Å². The number of piperidine rings is 1. The Bertz CT molecular complexity index is 2170. The lowest BCUT2D eigenvalue weighted by Gasteiger charge is -2.43. The number of nitrogens with zero attached hydrogens (tertiary/aromatic N) is 3. The second-order valence-electron chi connectivity index (χ2n) is 23.9. The smallest absolute Gasteiger partial charge is 0.410 e. The van der Waals surface area contributed by atoms with Crippen LogP contribution in [0.5, 0.6) is 0 Å². The van der Waals surface area contributed by atoms with E-state index in [0.29, 0.717) is 124 Å². The molecule has 21 nitrogen and oxygen atoms in total. The van der Waals surface area contributed by atoms with Crippen LogP contribution < -0.4 is 5.73 Å². The van der Waals surface area contributed by atoms with Crippen molar-refractivity contribution in [2.45, 2.75) is 192 Å². The number of ketones is 2. The van der Waals surface area contributed by atoms with Crippen LogP contribution in [0.1, 0.15) is 126 Å². The molecule has 6 N–H and O–H groups in total. The van der Waals surface area contributed by atoms with Crippen molar-refractivity contribution >= 4 is 29.5 Å². The number of amides is 2. The molecular weight excluding hydrogens is 1070 g/mol. The fraction of sp³-hybridized carbons (Fsp3) is 0.790. The van der Waals surface area contributed by atoms with Gasteiger partial charge in [0.05, 0.1) is 57.5 Å². The van der Waals surface area contributed by atoms with E-state index in [1.54, 1.807) is 52.9 Å². The highest BCUT2D eigenvalue weighted by Gasteiger charge is 2.53. The Hall–Kier alpha value is -3.97. The normalized spacial score (nSPS) is 36.4. The van der Waals surface area contributed by atoms with Crippen LogP contribution in [0.15, 0.2) is 47.6 Å². The van der Waals surface area contributed by atoms with Crippen molar-refractivity contribution in [2.24, 2.45) is 35.3 Å². The Morgan fingerprint density at radius 1 is 0.771 bits per heavy atom. The summed E-state index contributed by atoms with van der Waals surface area (Å²) in [7, 11) is 3.13. The van der Waals surface area contributed by atoms with Gasteiger partial charge in [0.2, 0.25) is 5.79 Å². The van der Waals surface area contributed by atoms with Crippen molar-refractivity contribution in [1.82, 2.24) is 14.7 Å². The minimum Gasteiger partial charge on any atom is -0.459 e. The number of methoxy groups -OCH3 is 2. The lowest BCUT2D eigenvalue weighted by atomic mass is 9.80. The van der Waals surface area contributed by atoms with Gasteiger partial charge in [0.1, 0.15) is 30.5 Å². The summed E-state index contributed by atoms with van der Waals surface area (Å²) in [4.78, 5) is 75.6. The highest BCUT2D eigenvalue weighted by atomic mass is 16.6. The molecule has 83 heavy (non-hydrogen) atoms. The van der Waals surface area contributed by atoms with E-state index in [0.717, 1.165) is 17.0 Å². The molecule has 16 atom stereocenters. The van der Waals surface area contributed by atoms with Crippen LogP contribution >= 0.6 is 0 Å². The minimum absolute atomic E-state index is 0.0382. The molecule has 1 aliphatic carbocycles. The average molecular weight is 1180 g/mol.